The molecule has 1 atom stereocenters. The van der Waals surface area contributed by atoms with Gasteiger partial charge in [0, 0.05) is 29.5 Å². The Kier molecular flexibility index (Phi) is 3.99. The van der Waals surface area contributed by atoms with Gasteiger partial charge in [0.15, 0.2) is 0 Å². The number of aromatic nitrogens is 2. The van der Waals surface area contributed by atoms with Crippen molar-refractivity contribution in [2.75, 3.05) is 0 Å². The van der Waals surface area contributed by atoms with E-state index in [1.165, 1.54) is 12.1 Å². The summed E-state index contributed by atoms with van der Waals surface area (Å²) >= 11 is 5.69. The number of benzene rings is 1. The molecule has 0 amide bonds. The number of imidazole rings is 1. The predicted molar refractivity (Wildman–Crippen MR) is 68.0 cm³/mol. The third kappa shape index (κ3) is 2.54. The molecule has 2 aromatic rings. The highest BCUT2D eigenvalue weighted by Crippen LogP contribution is 2.25. The predicted octanol–water partition coefficient (Wildman–Crippen LogP) is 3.17. The lowest BCUT2D eigenvalue weighted by Gasteiger charge is -2.14. The van der Waals surface area contributed by atoms with Gasteiger partial charge in [0.25, 0.3) is 0 Å². The molecule has 1 aromatic carbocycles. The summed E-state index contributed by atoms with van der Waals surface area (Å²) in [4.78, 5) is 4.09. The van der Waals surface area contributed by atoms with Crippen molar-refractivity contribution in [2.24, 2.45) is 0 Å². The highest BCUT2D eigenvalue weighted by atomic mass is 35.5. The minimum atomic E-state index is -1.08. The van der Waals surface area contributed by atoms with Gasteiger partial charge in [-0.05, 0) is 18.6 Å². The van der Waals surface area contributed by atoms with Crippen LogP contribution in [0.25, 0.3) is 0 Å². The van der Waals surface area contributed by atoms with Crippen molar-refractivity contribution in [3.05, 3.63) is 52.8 Å². The topological polar surface area (TPSA) is 38.0 Å². The van der Waals surface area contributed by atoms with Gasteiger partial charge in [0.1, 0.15) is 17.7 Å². The zero-order valence-electron chi connectivity index (χ0n) is 9.98. The molecule has 0 bridgehead atoms. The fourth-order valence-corrected chi connectivity index (χ4v) is 2.02. The average Bonchev–Trinajstić information content (AvgIpc) is 2.77. The molecule has 0 saturated carbocycles. The molecular weight excluding hydrogens is 255 g/mol. The SMILES string of the molecule is CCCn1ccnc1C(O)c1ccc(Cl)cc1F. The molecule has 1 heterocycles. The molecule has 0 saturated heterocycles. The van der Waals surface area contributed by atoms with Crippen molar-refractivity contribution in [2.45, 2.75) is 26.0 Å². The first-order valence-electron chi connectivity index (χ1n) is 5.77. The Hall–Kier alpha value is -1.39. The van der Waals surface area contributed by atoms with E-state index in [-0.39, 0.29) is 5.56 Å². The molecule has 0 aliphatic rings. The summed E-state index contributed by atoms with van der Waals surface area (Å²) in [6.07, 6.45) is 3.21. The maximum Gasteiger partial charge on any atom is 0.142 e. The van der Waals surface area contributed by atoms with E-state index in [0.717, 1.165) is 13.0 Å². The lowest BCUT2D eigenvalue weighted by molar-refractivity contribution is 0.199. The van der Waals surface area contributed by atoms with Crippen LogP contribution in [-0.4, -0.2) is 14.7 Å². The summed E-state index contributed by atoms with van der Waals surface area (Å²) in [6, 6.07) is 4.22. The summed E-state index contributed by atoms with van der Waals surface area (Å²) in [5, 5.41) is 10.5. The molecule has 96 valence electrons. The fourth-order valence-electron chi connectivity index (χ4n) is 1.86. The van der Waals surface area contributed by atoms with Gasteiger partial charge in [-0.1, -0.05) is 24.6 Å². The van der Waals surface area contributed by atoms with Gasteiger partial charge in [-0.25, -0.2) is 9.37 Å². The van der Waals surface area contributed by atoms with Gasteiger partial charge in [0.2, 0.25) is 0 Å². The van der Waals surface area contributed by atoms with Crippen LogP contribution < -0.4 is 0 Å². The lowest BCUT2D eigenvalue weighted by atomic mass is 10.1. The monoisotopic (exact) mass is 268 g/mol. The van der Waals surface area contributed by atoms with Crippen LogP contribution in [0.1, 0.15) is 30.8 Å². The minimum absolute atomic E-state index is 0.183. The van der Waals surface area contributed by atoms with E-state index in [9.17, 15) is 9.50 Å². The average molecular weight is 269 g/mol. The third-order valence-electron chi connectivity index (χ3n) is 2.71. The van der Waals surface area contributed by atoms with Crippen LogP contribution in [-0.2, 0) is 6.54 Å². The second-order valence-electron chi connectivity index (χ2n) is 4.05. The molecule has 0 aliphatic heterocycles. The summed E-state index contributed by atoms with van der Waals surface area (Å²) < 4.78 is 15.5. The lowest BCUT2D eigenvalue weighted by Crippen LogP contribution is -2.11. The van der Waals surface area contributed by atoms with Gasteiger partial charge in [-0.3, -0.25) is 0 Å². The van der Waals surface area contributed by atoms with Crippen molar-refractivity contribution < 1.29 is 9.50 Å². The molecule has 0 radical (unpaired) electrons. The van der Waals surface area contributed by atoms with Gasteiger partial charge in [-0.2, -0.15) is 0 Å². The number of aliphatic hydroxyl groups excluding tert-OH is 1. The van der Waals surface area contributed by atoms with Crippen LogP contribution >= 0.6 is 11.6 Å². The van der Waals surface area contributed by atoms with Gasteiger partial charge in [-0.15, -0.1) is 0 Å². The smallest absolute Gasteiger partial charge is 0.142 e. The first kappa shape index (κ1) is 13.1. The minimum Gasteiger partial charge on any atom is -0.380 e. The molecular formula is C13H14ClFN2O. The molecule has 5 heteroatoms. The van der Waals surface area contributed by atoms with Crippen LogP contribution in [0.2, 0.25) is 5.02 Å². The normalized spacial score (nSPS) is 12.7. The van der Waals surface area contributed by atoms with E-state index >= 15 is 0 Å². The summed E-state index contributed by atoms with van der Waals surface area (Å²) in [6.45, 7) is 2.76. The molecule has 3 nitrogen and oxygen atoms in total. The Morgan fingerprint density at radius 1 is 1.50 bits per heavy atom. The number of rotatable bonds is 4. The first-order valence-corrected chi connectivity index (χ1v) is 6.15. The molecule has 0 aliphatic carbocycles. The number of hydrogen-bond donors (Lipinski definition) is 1. The molecule has 0 fully saturated rings. The Balaban J connectivity index is 2.35. The molecule has 2 rings (SSSR count). The second-order valence-corrected chi connectivity index (χ2v) is 4.48. The van der Waals surface area contributed by atoms with Gasteiger partial charge in [0.05, 0.1) is 0 Å². The highest BCUT2D eigenvalue weighted by Gasteiger charge is 2.19. The number of halogens is 2. The molecule has 1 unspecified atom stereocenters. The fraction of sp³-hybridized carbons (Fsp3) is 0.308. The number of nitrogens with zero attached hydrogens (tertiary/aromatic N) is 2. The van der Waals surface area contributed by atoms with E-state index in [4.69, 9.17) is 11.6 Å². The van der Waals surface area contributed by atoms with Crippen LogP contribution in [0.4, 0.5) is 4.39 Å². The summed E-state index contributed by atoms with van der Waals surface area (Å²) in [5.74, 6) is -0.0841. The molecule has 0 spiro atoms. The zero-order valence-corrected chi connectivity index (χ0v) is 10.7. The van der Waals surface area contributed by atoms with Gasteiger partial charge >= 0.3 is 0 Å². The first-order chi connectivity index (χ1) is 8.63. The Morgan fingerprint density at radius 2 is 2.28 bits per heavy atom. The number of hydrogen-bond acceptors (Lipinski definition) is 2. The summed E-state index contributed by atoms with van der Waals surface area (Å²) in [5.41, 5.74) is 0.183. The Morgan fingerprint density at radius 3 is 2.94 bits per heavy atom. The summed E-state index contributed by atoms with van der Waals surface area (Å²) in [7, 11) is 0. The van der Waals surface area contributed by atoms with Crippen molar-refractivity contribution in [1.82, 2.24) is 9.55 Å². The highest BCUT2D eigenvalue weighted by molar-refractivity contribution is 6.30. The van der Waals surface area contributed by atoms with Crippen LogP contribution in [0.3, 0.4) is 0 Å². The van der Waals surface area contributed by atoms with Crippen LogP contribution in [0, 0.1) is 5.82 Å². The molecule has 1 aromatic heterocycles. The largest absolute Gasteiger partial charge is 0.380 e. The van der Waals surface area contributed by atoms with Crippen molar-refractivity contribution in [3.63, 3.8) is 0 Å². The maximum atomic E-state index is 13.7. The van der Waals surface area contributed by atoms with Crippen molar-refractivity contribution >= 4 is 11.6 Å². The van der Waals surface area contributed by atoms with E-state index in [1.54, 1.807) is 18.5 Å². The van der Waals surface area contributed by atoms with Crippen molar-refractivity contribution in [1.29, 1.82) is 0 Å². The van der Waals surface area contributed by atoms with E-state index in [1.807, 2.05) is 11.5 Å². The maximum absolute atomic E-state index is 13.7. The van der Waals surface area contributed by atoms with Crippen LogP contribution in [0.15, 0.2) is 30.6 Å². The number of aliphatic hydroxyl groups is 1. The van der Waals surface area contributed by atoms with E-state index in [0.29, 0.717) is 10.8 Å². The Bertz CT molecular complexity index is 542. The van der Waals surface area contributed by atoms with E-state index in [2.05, 4.69) is 4.98 Å². The third-order valence-corrected chi connectivity index (χ3v) is 2.95. The van der Waals surface area contributed by atoms with Crippen molar-refractivity contribution in [3.8, 4) is 0 Å². The van der Waals surface area contributed by atoms with E-state index < -0.39 is 11.9 Å². The van der Waals surface area contributed by atoms with Gasteiger partial charge < -0.3 is 9.67 Å². The standard InChI is InChI=1S/C13H14ClFN2O/c1-2-6-17-7-5-16-13(17)12(18)10-4-3-9(14)8-11(10)15/h3-5,7-8,12,18H,2,6H2,1H3. The number of aryl methyl sites for hydroxylation is 1. The Labute approximate surface area is 110 Å². The molecule has 1 N–H and O–H groups in total. The zero-order chi connectivity index (χ0) is 13.1. The molecule has 18 heavy (non-hydrogen) atoms. The second kappa shape index (κ2) is 5.50. The quantitative estimate of drug-likeness (QED) is 0.925. The van der Waals surface area contributed by atoms with Crippen LogP contribution in [0.5, 0.6) is 0 Å².